The summed E-state index contributed by atoms with van der Waals surface area (Å²) in [5, 5.41) is 4.38. The molecule has 0 saturated carbocycles. The fraction of sp³-hybridized carbons (Fsp3) is 0.370. The molecular formula is C27H29FN4O3. The molecule has 0 amide bonds. The Hall–Kier alpha value is -3.68. The highest BCUT2D eigenvalue weighted by Gasteiger charge is 2.23. The van der Waals surface area contributed by atoms with E-state index in [2.05, 4.69) is 22.0 Å². The van der Waals surface area contributed by atoms with Crippen LogP contribution in [-0.2, 0) is 6.54 Å². The first-order valence-electron chi connectivity index (χ1n) is 12.2. The highest BCUT2D eigenvalue weighted by atomic mass is 19.1. The summed E-state index contributed by atoms with van der Waals surface area (Å²) in [4.78, 5) is 20.0. The van der Waals surface area contributed by atoms with Gasteiger partial charge in [-0.1, -0.05) is 24.2 Å². The maximum Gasteiger partial charge on any atom is 0.263 e. The molecule has 1 aliphatic heterocycles. The number of fused-ring (bicyclic) bond motifs is 1. The first kappa shape index (κ1) is 23.1. The van der Waals surface area contributed by atoms with Crippen LogP contribution in [-0.4, -0.2) is 34.4 Å². The Kier molecular flexibility index (Phi) is 6.28. The minimum absolute atomic E-state index is 0.0925. The van der Waals surface area contributed by atoms with Crippen LogP contribution in [0.2, 0.25) is 0 Å². The second-order valence-electron chi connectivity index (χ2n) is 9.00. The zero-order chi connectivity index (χ0) is 24.5. The summed E-state index contributed by atoms with van der Waals surface area (Å²) in [5.74, 6) is 1.31. The fourth-order valence-corrected chi connectivity index (χ4v) is 4.68. The van der Waals surface area contributed by atoms with Gasteiger partial charge in [0.25, 0.3) is 5.89 Å². The van der Waals surface area contributed by atoms with Crippen LogP contribution in [0.4, 0.5) is 10.1 Å². The number of aryl methyl sites for hydroxylation is 1. The average molecular weight is 477 g/mol. The van der Waals surface area contributed by atoms with Crippen molar-refractivity contribution in [3.8, 4) is 28.6 Å². The van der Waals surface area contributed by atoms with E-state index in [4.69, 9.17) is 9.26 Å². The Morgan fingerprint density at radius 2 is 1.91 bits per heavy atom. The topological polar surface area (TPSA) is 73.4 Å². The van der Waals surface area contributed by atoms with Crippen LogP contribution in [0, 0.1) is 11.7 Å². The highest BCUT2D eigenvalue weighted by Crippen LogP contribution is 2.31. The maximum atomic E-state index is 15.2. The number of hydrogen-bond donors (Lipinski definition) is 0. The Bertz CT molecular complexity index is 1420. The maximum absolute atomic E-state index is 15.2. The molecule has 8 heteroatoms. The summed E-state index contributed by atoms with van der Waals surface area (Å²) in [7, 11) is 0. The largest absolute Gasteiger partial charge is 0.493 e. The van der Waals surface area contributed by atoms with E-state index in [1.807, 2.05) is 42.7 Å². The quantitative estimate of drug-likeness (QED) is 0.365. The molecule has 0 aliphatic carbocycles. The van der Waals surface area contributed by atoms with Gasteiger partial charge in [0.2, 0.25) is 11.3 Å². The Morgan fingerprint density at radius 3 is 2.66 bits per heavy atom. The van der Waals surface area contributed by atoms with Gasteiger partial charge < -0.3 is 18.7 Å². The number of piperidine rings is 1. The number of para-hydroxylation sites is 1. The lowest BCUT2D eigenvalue weighted by atomic mass is 9.98. The number of ether oxygens (including phenoxy) is 1. The van der Waals surface area contributed by atoms with Crippen LogP contribution in [0.15, 0.2) is 51.9 Å². The van der Waals surface area contributed by atoms with Gasteiger partial charge in [-0.3, -0.25) is 4.79 Å². The van der Waals surface area contributed by atoms with E-state index in [9.17, 15) is 4.79 Å². The van der Waals surface area contributed by atoms with Crippen molar-refractivity contribution in [2.45, 2.75) is 40.2 Å². The molecule has 1 aliphatic rings. The highest BCUT2D eigenvalue weighted by molar-refractivity contribution is 5.86. The van der Waals surface area contributed by atoms with E-state index >= 15 is 4.39 Å². The molecule has 182 valence electrons. The number of aromatic nitrogens is 3. The molecule has 0 atom stereocenters. The fourth-order valence-electron chi connectivity index (χ4n) is 4.68. The second-order valence-corrected chi connectivity index (χ2v) is 9.00. The number of benzene rings is 2. The summed E-state index contributed by atoms with van der Waals surface area (Å²) in [6.07, 6.45) is 3.78. The molecule has 0 bridgehead atoms. The van der Waals surface area contributed by atoms with E-state index in [-0.39, 0.29) is 22.7 Å². The smallest absolute Gasteiger partial charge is 0.263 e. The molecule has 3 heterocycles. The Labute approximate surface area is 203 Å². The number of hydrogen-bond acceptors (Lipinski definition) is 6. The van der Waals surface area contributed by atoms with E-state index in [0.717, 1.165) is 25.9 Å². The van der Waals surface area contributed by atoms with Crippen molar-refractivity contribution in [2.75, 3.05) is 24.6 Å². The van der Waals surface area contributed by atoms with Crippen molar-refractivity contribution in [1.82, 2.24) is 14.7 Å². The molecule has 4 aromatic rings. The lowest BCUT2D eigenvalue weighted by Gasteiger charge is -2.32. The summed E-state index contributed by atoms with van der Waals surface area (Å²) in [6.45, 7) is 8.83. The number of anilines is 1. The number of rotatable bonds is 6. The zero-order valence-corrected chi connectivity index (χ0v) is 20.3. The Balaban J connectivity index is 1.58. The monoisotopic (exact) mass is 476 g/mol. The van der Waals surface area contributed by atoms with Gasteiger partial charge in [0.15, 0.2) is 0 Å². The number of nitrogens with zero attached hydrogens (tertiary/aromatic N) is 4. The molecule has 1 saturated heterocycles. The van der Waals surface area contributed by atoms with Gasteiger partial charge in [-0.25, -0.2) is 4.39 Å². The van der Waals surface area contributed by atoms with Crippen LogP contribution in [0.1, 0.15) is 33.6 Å². The van der Waals surface area contributed by atoms with E-state index in [0.29, 0.717) is 52.8 Å². The van der Waals surface area contributed by atoms with Crippen LogP contribution < -0.4 is 15.1 Å². The SMILES string of the molecule is CCOc1ccccc1-c1noc(-c2cn(CC)c3cc(N4CCC(C)CC4)c(F)cc3c2=O)n1. The van der Waals surface area contributed by atoms with Crippen LogP contribution in [0.3, 0.4) is 0 Å². The molecule has 2 aromatic heterocycles. The molecule has 1 fully saturated rings. The number of halogens is 1. The molecule has 0 N–H and O–H groups in total. The van der Waals surface area contributed by atoms with Crippen LogP contribution >= 0.6 is 0 Å². The van der Waals surface area contributed by atoms with Crippen molar-refractivity contribution >= 4 is 16.6 Å². The summed E-state index contributed by atoms with van der Waals surface area (Å²) >= 11 is 0. The lowest BCUT2D eigenvalue weighted by molar-refractivity contribution is 0.341. The second kappa shape index (κ2) is 9.52. The van der Waals surface area contributed by atoms with Crippen molar-refractivity contribution in [3.05, 3.63) is 58.6 Å². The third kappa shape index (κ3) is 4.29. The lowest BCUT2D eigenvalue weighted by Crippen LogP contribution is -2.33. The van der Waals surface area contributed by atoms with Crippen molar-refractivity contribution in [3.63, 3.8) is 0 Å². The molecule has 7 nitrogen and oxygen atoms in total. The average Bonchev–Trinajstić information content (AvgIpc) is 3.35. The van der Waals surface area contributed by atoms with Gasteiger partial charge in [-0.05, 0) is 56.9 Å². The van der Waals surface area contributed by atoms with Gasteiger partial charge >= 0.3 is 0 Å². The predicted octanol–water partition coefficient (Wildman–Crippen LogP) is 5.51. The summed E-state index contributed by atoms with van der Waals surface area (Å²) < 4.78 is 28.3. The van der Waals surface area contributed by atoms with Gasteiger partial charge in [-0.15, -0.1) is 0 Å². The normalized spacial score (nSPS) is 14.6. The van der Waals surface area contributed by atoms with Gasteiger partial charge in [0.05, 0.1) is 23.4 Å². The predicted molar refractivity (Wildman–Crippen MR) is 134 cm³/mol. The van der Waals surface area contributed by atoms with E-state index < -0.39 is 0 Å². The molecule has 0 radical (unpaired) electrons. The van der Waals surface area contributed by atoms with Gasteiger partial charge in [-0.2, -0.15) is 4.98 Å². The van der Waals surface area contributed by atoms with Gasteiger partial charge in [0.1, 0.15) is 17.1 Å². The molecular weight excluding hydrogens is 447 g/mol. The molecule has 35 heavy (non-hydrogen) atoms. The van der Waals surface area contributed by atoms with Crippen molar-refractivity contribution < 1.29 is 13.7 Å². The third-order valence-electron chi connectivity index (χ3n) is 6.70. The third-order valence-corrected chi connectivity index (χ3v) is 6.70. The molecule has 0 unspecified atom stereocenters. The van der Waals surface area contributed by atoms with E-state index in [1.54, 1.807) is 12.3 Å². The Morgan fingerprint density at radius 1 is 1.14 bits per heavy atom. The molecule has 0 spiro atoms. The minimum atomic E-state index is -0.388. The standard InChI is InChI=1S/C27H29FN4O3/c1-4-31-16-20(27-29-26(30-35-27)18-8-6-7-9-24(18)34-5-2)25(33)19-14-21(28)23(15-22(19)31)32-12-10-17(3)11-13-32/h6-9,14-17H,4-5,10-13H2,1-3H3. The number of pyridine rings is 1. The molecule has 5 rings (SSSR count). The summed E-state index contributed by atoms with van der Waals surface area (Å²) in [5.41, 5.74) is 1.82. The van der Waals surface area contributed by atoms with Crippen molar-refractivity contribution in [2.24, 2.45) is 5.92 Å². The van der Waals surface area contributed by atoms with Crippen LogP contribution in [0.5, 0.6) is 5.75 Å². The first-order valence-corrected chi connectivity index (χ1v) is 12.2. The van der Waals surface area contributed by atoms with Crippen molar-refractivity contribution in [1.29, 1.82) is 0 Å². The molecule has 2 aromatic carbocycles. The van der Waals surface area contributed by atoms with Crippen LogP contribution in [0.25, 0.3) is 33.7 Å². The summed E-state index contributed by atoms with van der Waals surface area (Å²) in [6, 6.07) is 10.5. The first-order chi connectivity index (χ1) is 17.0. The minimum Gasteiger partial charge on any atom is -0.493 e. The van der Waals surface area contributed by atoms with E-state index in [1.165, 1.54) is 6.07 Å². The van der Waals surface area contributed by atoms with Gasteiger partial charge in [0, 0.05) is 31.2 Å². The zero-order valence-electron chi connectivity index (χ0n) is 20.3.